The van der Waals surface area contributed by atoms with Crippen LogP contribution in [0, 0.1) is 12.7 Å². The van der Waals surface area contributed by atoms with Crippen LogP contribution in [0.3, 0.4) is 0 Å². The molecule has 3 rings (SSSR count). The van der Waals surface area contributed by atoms with Crippen LogP contribution in [0.2, 0.25) is 0 Å². The minimum absolute atomic E-state index is 0.00742. The van der Waals surface area contributed by atoms with E-state index in [-0.39, 0.29) is 17.4 Å². The van der Waals surface area contributed by atoms with E-state index in [1.54, 1.807) is 24.3 Å². The van der Waals surface area contributed by atoms with E-state index in [2.05, 4.69) is 4.98 Å². The van der Waals surface area contributed by atoms with Gasteiger partial charge < -0.3 is 9.21 Å². The molecule has 2 aromatic carbocycles. The molecule has 0 atom stereocenters. The quantitative estimate of drug-likeness (QED) is 0.600. The van der Waals surface area contributed by atoms with Crippen molar-refractivity contribution in [3.63, 3.8) is 0 Å². The zero-order chi connectivity index (χ0) is 18.0. The number of hydrogen-bond acceptors (Lipinski definition) is 4. The molecule has 4 nitrogen and oxygen atoms in total. The van der Waals surface area contributed by atoms with Gasteiger partial charge >= 0.3 is 0 Å². The highest BCUT2D eigenvalue weighted by atomic mass is 19.1. The summed E-state index contributed by atoms with van der Waals surface area (Å²) in [7, 11) is 0. The summed E-state index contributed by atoms with van der Waals surface area (Å²) < 4.78 is 18.8. The van der Waals surface area contributed by atoms with Crippen LogP contribution in [0.25, 0.3) is 22.6 Å². The second kappa shape index (κ2) is 6.97. The Balaban J connectivity index is 1.89. The largest absolute Gasteiger partial charge is 0.436 e. The molecule has 0 saturated carbocycles. The van der Waals surface area contributed by atoms with Crippen molar-refractivity contribution in [2.24, 2.45) is 0 Å². The molecule has 0 aliphatic heterocycles. The van der Waals surface area contributed by atoms with Crippen molar-refractivity contribution in [1.82, 2.24) is 4.98 Å². The first-order valence-electron chi connectivity index (χ1n) is 8.14. The number of rotatable bonds is 6. The zero-order valence-electron chi connectivity index (χ0n) is 14.1. The van der Waals surface area contributed by atoms with Gasteiger partial charge in [-0.05, 0) is 62.2 Å². The molecular formula is C20H18FNO3. The van der Waals surface area contributed by atoms with Crippen molar-refractivity contribution < 1.29 is 18.4 Å². The highest BCUT2D eigenvalue weighted by Crippen LogP contribution is 2.27. The van der Waals surface area contributed by atoms with Crippen molar-refractivity contribution >= 4 is 22.7 Å². The van der Waals surface area contributed by atoms with Crippen LogP contribution in [0.4, 0.5) is 4.39 Å². The van der Waals surface area contributed by atoms with Gasteiger partial charge in [0.25, 0.3) is 0 Å². The number of carbonyl (C=O) groups excluding carboxylic acids is 2. The first-order chi connectivity index (χ1) is 11.9. The Hall–Kier alpha value is -2.82. The Kier molecular flexibility index (Phi) is 4.74. The van der Waals surface area contributed by atoms with E-state index in [0.717, 1.165) is 5.56 Å². The average Bonchev–Trinajstić information content (AvgIpc) is 2.97. The van der Waals surface area contributed by atoms with E-state index in [0.29, 0.717) is 47.4 Å². The fraction of sp³-hybridized carbons (Fsp3) is 0.250. The molecule has 0 fully saturated rings. The third-order valence-corrected chi connectivity index (χ3v) is 4.06. The van der Waals surface area contributed by atoms with Crippen molar-refractivity contribution in [3.8, 4) is 11.5 Å². The minimum Gasteiger partial charge on any atom is -0.436 e. The molecular weight excluding hydrogens is 321 g/mol. The number of oxazole rings is 1. The molecule has 0 amide bonds. The van der Waals surface area contributed by atoms with Crippen molar-refractivity contribution in [2.45, 2.75) is 33.1 Å². The van der Waals surface area contributed by atoms with Crippen LogP contribution in [-0.4, -0.2) is 16.6 Å². The first kappa shape index (κ1) is 17.0. The number of benzene rings is 2. The summed E-state index contributed by atoms with van der Waals surface area (Å²) in [5.41, 5.74) is 3.23. The van der Waals surface area contributed by atoms with Crippen LogP contribution in [0.5, 0.6) is 0 Å². The third-order valence-electron chi connectivity index (χ3n) is 4.06. The number of fused-ring (bicyclic) bond motifs is 1. The van der Waals surface area contributed by atoms with Gasteiger partial charge in [0.15, 0.2) is 11.4 Å². The van der Waals surface area contributed by atoms with Gasteiger partial charge in [0.1, 0.15) is 17.1 Å². The molecule has 0 saturated heterocycles. The molecule has 3 aromatic rings. The predicted molar refractivity (Wildman–Crippen MR) is 93.0 cm³/mol. The summed E-state index contributed by atoms with van der Waals surface area (Å²) in [6.07, 6.45) is 1.28. The molecule has 0 radical (unpaired) electrons. The maximum absolute atomic E-state index is 13.0. The Morgan fingerprint density at radius 2 is 1.84 bits per heavy atom. The zero-order valence-corrected chi connectivity index (χ0v) is 14.1. The minimum atomic E-state index is -0.325. The Labute approximate surface area is 144 Å². The maximum atomic E-state index is 13.0. The normalized spacial score (nSPS) is 11.0. The van der Waals surface area contributed by atoms with Gasteiger partial charge in [-0.1, -0.05) is 0 Å². The second-order valence-corrected chi connectivity index (χ2v) is 6.14. The van der Waals surface area contributed by atoms with Crippen molar-refractivity contribution in [2.75, 3.05) is 0 Å². The topological polar surface area (TPSA) is 60.2 Å². The number of aryl methyl sites for hydroxylation is 1. The predicted octanol–water partition coefficient (Wildman–Crippen LogP) is 4.88. The van der Waals surface area contributed by atoms with E-state index >= 15 is 0 Å². The molecule has 1 heterocycles. The van der Waals surface area contributed by atoms with Crippen LogP contribution in [0.1, 0.15) is 42.1 Å². The van der Waals surface area contributed by atoms with Crippen LogP contribution in [0.15, 0.2) is 40.8 Å². The number of aromatic nitrogens is 1. The highest BCUT2D eigenvalue weighted by molar-refractivity contribution is 6.00. The molecule has 0 N–H and O–H groups in total. The first-order valence-corrected chi connectivity index (χ1v) is 8.14. The van der Waals surface area contributed by atoms with Gasteiger partial charge in [-0.3, -0.25) is 4.79 Å². The summed E-state index contributed by atoms with van der Waals surface area (Å²) in [6, 6.07) is 9.39. The molecule has 0 unspecified atom stereocenters. The van der Waals surface area contributed by atoms with E-state index in [1.807, 2.05) is 6.92 Å². The summed E-state index contributed by atoms with van der Waals surface area (Å²) in [4.78, 5) is 27.8. The van der Waals surface area contributed by atoms with Gasteiger partial charge in [0.2, 0.25) is 5.89 Å². The molecule has 25 heavy (non-hydrogen) atoms. The monoisotopic (exact) mass is 339 g/mol. The van der Waals surface area contributed by atoms with Crippen molar-refractivity contribution in [3.05, 3.63) is 53.3 Å². The SMILES string of the molecule is CC(=O)CCCC(=O)c1cc2nc(-c3ccc(F)cc3)oc2cc1C. The van der Waals surface area contributed by atoms with Gasteiger partial charge in [-0.15, -0.1) is 0 Å². The molecule has 0 aliphatic carbocycles. The number of Topliss-reactive ketones (excluding diaryl/α,β-unsaturated/α-hetero) is 2. The second-order valence-electron chi connectivity index (χ2n) is 6.14. The Bertz CT molecular complexity index is 941. The summed E-state index contributed by atoms with van der Waals surface area (Å²) in [5.74, 6) is 0.136. The third kappa shape index (κ3) is 3.82. The van der Waals surface area contributed by atoms with Gasteiger partial charge in [-0.25, -0.2) is 9.37 Å². The lowest BCUT2D eigenvalue weighted by atomic mass is 10.00. The van der Waals surface area contributed by atoms with E-state index < -0.39 is 0 Å². The van der Waals surface area contributed by atoms with Crippen LogP contribution in [-0.2, 0) is 4.79 Å². The number of carbonyl (C=O) groups is 2. The Morgan fingerprint density at radius 3 is 2.52 bits per heavy atom. The molecule has 128 valence electrons. The van der Waals surface area contributed by atoms with Crippen LogP contribution >= 0.6 is 0 Å². The van der Waals surface area contributed by atoms with Gasteiger partial charge in [-0.2, -0.15) is 0 Å². The van der Waals surface area contributed by atoms with Gasteiger partial charge in [0, 0.05) is 24.0 Å². The van der Waals surface area contributed by atoms with E-state index in [9.17, 15) is 14.0 Å². The summed E-state index contributed by atoms with van der Waals surface area (Å²) in [5, 5.41) is 0. The number of ketones is 2. The molecule has 1 aromatic heterocycles. The number of halogens is 1. The van der Waals surface area contributed by atoms with E-state index in [4.69, 9.17) is 4.42 Å². The number of nitrogens with zero attached hydrogens (tertiary/aromatic N) is 1. The number of hydrogen-bond donors (Lipinski definition) is 0. The molecule has 0 spiro atoms. The van der Waals surface area contributed by atoms with Crippen molar-refractivity contribution in [1.29, 1.82) is 0 Å². The lowest BCUT2D eigenvalue weighted by Crippen LogP contribution is -2.03. The molecule has 0 aliphatic rings. The summed E-state index contributed by atoms with van der Waals surface area (Å²) >= 11 is 0. The van der Waals surface area contributed by atoms with Crippen LogP contribution < -0.4 is 0 Å². The lowest BCUT2D eigenvalue weighted by molar-refractivity contribution is -0.117. The molecule has 0 bridgehead atoms. The fourth-order valence-electron chi connectivity index (χ4n) is 2.72. The lowest BCUT2D eigenvalue weighted by Gasteiger charge is -2.04. The standard InChI is InChI=1S/C20H18FNO3/c1-12-10-19-17(11-16(12)18(24)5-3-4-13(2)23)22-20(25-19)14-6-8-15(21)9-7-14/h6-11H,3-5H2,1-2H3. The van der Waals surface area contributed by atoms with Gasteiger partial charge in [0.05, 0.1) is 0 Å². The summed E-state index contributed by atoms with van der Waals surface area (Å²) in [6.45, 7) is 3.37. The smallest absolute Gasteiger partial charge is 0.227 e. The highest BCUT2D eigenvalue weighted by Gasteiger charge is 2.15. The fourth-order valence-corrected chi connectivity index (χ4v) is 2.72. The molecule has 5 heteroatoms. The Morgan fingerprint density at radius 1 is 1.12 bits per heavy atom. The van der Waals surface area contributed by atoms with E-state index in [1.165, 1.54) is 19.1 Å². The maximum Gasteiger partial charge on any atom is 0.227 e. The average molecular weight is 339 g/mol.